The summed E-state index contributed by atoms with van der Waals surface area (Å²) in [6.07, 6.45) is 5.41. The first kappa shape index (κ1) is 21.7. The van der Waals surface area contributed by atoms with Gasteiger partial charge in [-0.25, -0.2) is 22.4 Å². The molecule has 0 amide bonds. The minimum atomic E-state index is -3.50. The monoisotopic (exact) mass is 428 g/mol. The largest absolute Gasteiger partial charge is 0.473 e. The summed E-state index contributed by atoms with van der Waals surface area (Å²) in [5, 5.41) is 14.8. The van der Waals surface area contributed by atoms with Crippen LogP contribution in [0.5, 0.6) is 0 Å². The number of nitrogens with zero attached hydrogens (tertiary/aromatic N) is 2. The standard InChI is InChI=1S/C17H23FN2O2S.C2H2O4/c18-15-3-5-16(6-4-15)23(21,22)20-9-7-19(8-10-20)17-12-13-1-2-14(17)11-13;3-1(4)2(5)6/h3-6,13-14,17H,1-2,7-12H2;(H,3,4)(H,5,6). The molecule has 1 aromatic rings. The third-order valence-corrected chi connectivity index (χ3v) is 7.99. The van der Waals surface area contributed by atoms with E-state index in [9.17, 15) is 12.8 Å². The highest BCUT2D eigenvalue weighted by molar-refractivity contribution is 7.89. The van der Waals surface area contributed by atoms with Crippen LogP contribution in [0.1, 0.15) is 25.7 Å². The number of carboxylic acids is 2. The Hall–Kier alpha value is -2.04. The maximum Gasteiger partial charge on any atom is 0.414 e. The topological polar surface area (TPSA) is 115 Å². The molecule has 10 heteroatoms. The Morgan fingerprint density at radius 2 is 1.52 bits per heavy atom. The van der Waals surface area contributed by atoms with Gasteiger partial charge in [-0.15, -0.1) is 0 Å². The van der Waals surface area contributed by atoms with Crippen molar-refractivity contribution in [1.29, 1.82) is 0 Å². The van der Waals surface area contributed by atoms with Gasteiger partial charge in [0.25, 0.3) is 0 Å². The van der Waals surface area contributed by atoms with Crippen LogP contribution in [0.3, 0.4) is 0 Å². The van der Waals surface area contributed by atoms with Gasteiger partial charge in [-0.2, -0.15) is 4.31 Å². The van der Waals surface area contributed by atoms with Gasteiger partial charge in [0, 0.05) is 32.2 Å². The second kappa shape index (κ2) is 8.76. The normalized spacial score (nSPS) is 27.3. The van der Waals surface area contributed by atoms with Crippen LogP contribution in [0, 0.1) is 17.7 Å². The fraction of sp³-hybridized carbons (Fsp3) is 0.579. The second-order valence-electron chi connectivity index (χ2n) is 7.75. The summed E-state index contributed by atoms with van der Waals surface area (Å²) in [4.78, 5) is 20.9. The molecule has 3 atom stereocenters. The van der Waals surface area contributed by atoms with Gasteiger partial charge in [-0.05, 0) is 55.4 Å². The zero-order valence-electron chi connectivity index (χ0n) is 15.9. The van der Waals surface area contributed by atoms with E-state index in [0.717, 1.165) is 24.9 Å². The van der Waals surface area contributed by atoms with E-state index in [4.69, 9.17) is 19.8 Å². The molecule has 1 aliphatic heterocycles. The maximum absolute atomic E-state index is 13.0. The molecule has 3 unspecified atom stereocenters. The Labute approximate surface area is 169 Å². The molecule has 2 saturated carbocycles. The minimum Gasteiger partial charge on any atom is -0.473 e. The van der Waals surface area contributed by atoms with Crippen LogP contribution in [0.4, 0.5) is 4.39 Å². The summed E-state index contributed by atoms with van der Waals surface area (Å²) >= 11 is 0. The van der Waals surface area contributed by atoms with E-state index in [0.29, 0.717) is 19.1 Å². The highest BCUT2D eigenvalue weighted by Crippen LogP contribution is 2.46. The molecule has 4 rings (SSSR count). The Bertz CT molecular complexity index is 840. The molecule has 2 bridgehead atoms. The fourth-order valence-corrected chi connectivity index (χ4v) is 6.11. The van der Waals surface area contributed by atoms with Crippen molar-refractivity contribution in [2.45, 2.75) is 36.6 Å². The summed E-state index contributed by atoms with van der Waals surface area (Å²) in [7, 11) is -3.50. The lowest BCUT2D eigenvalue weighted by Gasteiger charge is -2.40. The van der Waals surface area contributed by atoms with Gasteiger partial charge in [0.1, 0.15) is 5.82 Å². The van der Waals surface area contributed by atoms with Crippen LogP contribution >= 0.6 is 0 Å². The molecule has 0 radical (unpaired) electrons. The highest BCUT2D eigenvalue weighted by atomic mass is 32.2. The third kappa shape index (κ3) is 4.93. The number of sulfonamides is 1. The predicted molar refractivity (Wildman–Crippen MR) is 101 cm³/mol. The third-order valence-electron chi connectivity index (χ3n) is 6.08. The number of benzene rings is 1. The molecule has 1 heterocycles. The number of aliphatic carboxylic acids is 2. The number of fused-ring (bicyclic) bond motifs is 2. The van der Waals surface area contributed by atoms with Crippen molar-refractivity contribution in [3.05, 3.63) is 30.1 Å². The number of piperazine rings is 1. The average Bonchev–Trinajstić information content (AvgIpc) is 3.32. The van der Waals surface area contributed by atoms with Gasteiger partial charge < -0.3 is 10.2 Å². The SMILES string of the molecule is O=C(O)C(=O)O.O=S(=O)(c1ccc(F)cc1)N1CCN(C2CC3CCC2C3)CC1. The molecular weight excluding hydrogens is 403 g/mol. The number of halogens is 1. The first-order valence-corrected chi connectivity index (χ1v) is 11.1. The van der Waals surface area contributed by atoms with Crippen molar-refractivity contribution in [3.8, 4) is 0 Å². The fourth-order valence-electron chi connectivity index (χ4n) is 4.69. The maximum atomic E-state index is 13.0. The van der Waals surface area contributed by atoms with Gasteiger partial charge in [0.05, 0.1) is 4.90 Å². The van der Waals surface area contributed by atoms with Gasteiger partial charge in [-0.1, -0.05) is 6.42 Å². The molecule has 0 aromatic heterocycles. The van der Waals surface area contributed by atoms with Crippen molar-refractivity contribution < 1.29 is 32.6 Å². The van der Waals surface area contributed by atoms with Crippen molar-refractivity contribution in [2.75, 3.05) is 26.2 Å². The van der Waals surface area contributed by atoms with Gasteiger partial charge in [-0.3, -0.25) is 4.90 Å². The van der Waals surface area contributed by atoms with E-state index in [1.165, 1.54) is 49.9 Å². The summed E-state index contributed by atoms with van der Waals surface area (Å²) in [5.41, 5.74) is 0. The quantitative estimate of drug-likeness (QED) is 0.701. The number of rotatable bonds is 3. The smallest absolute Gasteiger partial charge is 0.414 e. The van der Waals surface area contributed by atoms with Crippen LogP contribution in [0.2, 0.25) is 0 Å². The van der Waals surface area contributed by atoms with Gasteiger partial charge in [0.2, 0.25) is 10.0 Å². The van der Waals surface area contributed by atoms with Crippen molar-refractivity contribution >= 4 is 22.0 Å². The number of carbonyl (C=O) groups is 2. The Balaban J connectivity index is 0.000000353. The zero-order valence-corrected chi connectivity index (χ0v) is 16.7. The van der Waals surface area contributed by atoms with Gasteiger partial charge >= 0.3 is 11.9 Å². The van der Waals surface area contributed by atoms with E-state index < -0.39 is 27.8 Å². The van der Waals surface area contributed by atoms with Crippen LogP contribution in [0.15, 0.2) is 29.2 Å². The molecule has 3 aliphatic rings. The molecule has 1 aromatic carbocycles. The molecule has 2 aliphatic carbocycles. The molecule has 0 spiro atoms. The van der Waals surface area contributed by atoms with Gasteiger partial charge in [0.15, 0.2) is 0 Å². The van der Waals surface area contributed by atoms with Crippen molar-refractivity contribution in [1.82, 2.24) is 9.21 Å². The molecule has 29 heavy (non-hydrogen) atoms. The second-order valence-corrected chi connectivity index (χ2v) is 9.68. The minimum absolute atomic E-state index is 0.187. The van der Waals surface area contributed by atoms with Crippen LogP contribution in [0.25, 0.3) is 0 Å². The molecule has 2 N–H and O–H groups in total. The Morgan fingerprint density at radius 3 is 1.97 bits per heavy atom. The van der Waals surface area contributed by atoms with Crippen molar-refractivity contribution in [2.24, 2.45) is 11.8 Å². The summed E-state index contributed by atoms with van der Waals surface area (Å²) < 4.78 is 39.8. The molecule has 8 nitrogen and oxygen atoms in total. The number of hydrogen-bond acceptors (Lipinski definition) is 5. The Kier molecular flexibility index (Phi) is 6.55. The lowest BCUT2D eigenvalue weighted by Crippen LogP contribution is -2.53. The van der Waals surface area contributed by atoms with Crippen molar-refractivity contribution in [3.63, 3.8) is 0 Å². The van der Waals surface area contributed by atoms with E-state index in [2.05, 4.69) is 4.90 Å². The summed E-state index contributed by atoms with van der Waals surface area (Å²) in [6, 6.07) is 5.79. The summed E-state index contributed by atoms with van der Waals surface area (Å²) in [6.45, 7) is 2.70. The predicted octanol–water partition coefficient (Wildman–Crippen LogP) is 1.48. The Morgan fingerprint density at radius 1 is 0.931 bits per heavy atom. The van der Waals surface area contributed by atoms with E-state index in [-0.39, 0.29) is 4.90 Å². The highest BCUT2D eigenvalue weighted by Gasteiger charge is 2.43. The van der Waals surface area contributed by atoms with E-state index in [1.54, 1.807) is 4.31 Å². The number of carboxylic acid groups (broad SMARTS) is 2. The molecular formula is C19H25FN2O6S. The molecule has 160 valence electrons. The molecule has 3 fully saturated rings. The summed E-state index contributed by atoms with van der Waals surface area (Å²) in [5.74, 6) is -2.32. The lowest BCUT2D eigenvalue weighted by atomic mass is 9.93. The lowest BCUT2D eigenvalue weighted by molar-refractivity contribution is -0.159. The molecule has 1 saturated heterocycles. The van der Waals surface area contributed by atoms with E-state index in [1.807, 2.05) is 0 Å². The van der Waals surface area contributed by atoms with Crippen LogP contribution in [-0.2, 0) is 19.6 Å². The zero-order chi connectivity index (χ0) is 21.2. The average molecular weight is 428 g/mol. The first-order chi connectivity index (χ1) is 13.7. The number of hydrogen-bond donors (Lipinski definition) is 2. The van der Waals surface area contributed by atoms with E-state index >= 15 is 0 Å². The van der Waals surface area contributed by atoms with Crippen LogP contribution < -0.4 is 0 Å². The first-order valence-electron chi connectivity index (χ1n) is 9.64. The van der Waals surface area contributed by atoms with Crippen LogP contribution in [-0.4, -0.2) is 72.0 Å².